The van der Waals surface area contributed by atoms with Gasteiger partial charge in [-0.3, -0.25) is 0 Å². The molecule has 0 bridgehead atoms. The molecular weight excluding hydrogens is 277 g/mol. The lowest BCUT2D eigenvalue weighted by molar-refractivity contribution is 0.455. The molecule has 0 heterocycles. The van der Waals surface area contributed by atoms with Crippen molar-refractivity contribution >= 4 is 27.5 Å². The molecule has 0 saturated carbocycles. The summed E-state index contributed by atoms with van der Waals surface area (Å²) in [5.74, 6) is 0.124. The summed E-state index contributed by atoms with van der Waals surface area (Å²) in [5.41, 5.74) is 6.53. The van der Waals surface area contributed by atoms with Crippen molar-refractivity contribution in [2.75, 3.05) is 0 Å². The Balaban J connectivity index is 3.01. The first-order chi connectivity index (χ1) is 7.07. The minimum absolute atomic E-state index is 0.124. The molecule has 0 unspecified atom stereocenters. The van der Waals surface area contributed by atoms with Gasteiger partial charge in [0.1, 0.15) is 5.75 Å². The van der Waals surface area contributed by atoms with Crippen molar-refractivity contribution in [3.63, 3.8) is 0 Å². The van der Waals surface area contributed by atoms with E-state index in [-0.39, 0.29) is 11.8 Å². The molecule has 1 aromatic rings. The molecule has 4 heteroatoms. The van der Waals surface area contributed by atoms with Crippen molar-refractivity contribution in [3.05, 3.63) is 39.8 Å². The summed E-state index contributed by atoms with van der Waals surface area (Å²) in [6.07, 6.45) is 3.31. The molecule has 15 heavy (non-hydrogen) atoms. The second-order valence-electron chi connectivity index (χ2n) is 3.26. The molecule has 0 aliphatic heterocycles. The third kappa shape index (κ3) is 2.97. The smallest absolute Gasteiger partial charge is 0.136 e. The molecule has 82 valence electrons. The number of benzene rings is 1. The Kier molecular flexibility index (Phi) is 4.64. The molecule has 0 radical (unpaired) electrons. The zero-order valence-corrected chi connectivity index (χ0v) is 10.6. The van der Waals surface area contributed by atoms with E-state index in [1.807, 2.05) is 0 Å². The summed E-state index contributed by atoms with van der Waals surface area (Å²) in [6.45, 7) is 3.63. The van der Waals surface area contributed by atoms with Crippen LogP contribution in [0.3, 0.4) is 0 Å². The van der Waals surface area contributed by atoms with Gasteiger partial charge in [0, 0.05) is 16.6 Å². The third-order valence-corrected chi connectivity index (χ3v) is 3.14. The van der Waals surface area contributed by atoms with Crippen molar-refractivity contribution in [1.82, 2.24) is 0 Å². The maximum absolute atomic E-state index is 9.81. The lowest BCUT2D eigenvalue weighted by Crippen LogP contribution is -2.10. The fraction of sp³-hybridized carbons (Fsp3) is 0.273. The summed E-state index contributed by atoms with van der Waals surface area (Å²) < 4.78 is 0.607. The average Bonchev–Trinajstić information content (AvgIpc) is 2.21. The number of phenols is 1. The third-order valence-electron chi connectivity index (χ3n) is 2.17. The molecule has 0 saturated heterocycles. The van der Waals surface area contributed by atoms with Crippen LogP contribution in [0.1, 0.15) is 24.4 Å². The van der Waals surface area contributed by atoms with E-state index in [1.54, 1.807) is 18.2 Å². The highest BCUT2D eigenvalue weighted by Gasteiger charge is 2.16. The van der Waals surface area contributed by atoms with Crippen molar-refractivity contribution in [2.24, 2.45) is 5.73 Å². The number of rotatable bonds is 4. The fourth-order valence-corrected chi connectivity index (χ4v) is 1.99. The van der Waals surface area contributed by atoms with Crippen LogP contribution in [-0.4, -0.2) is 5.11 Å². The van der Waals surface area contributed by atoms with Crippen molar-refractivity contribution in [2.45, 2.75) is 18.9 Å². The molecule has 0 aromatic heterocycles. The summed E-state index contributed by atoms with van der Waals surface area (Å²) in [6, 6.07) is 3.14. The number of phenolic OH excluding ortho intramolecular Hbond substituents is 1. The molecule has 2 nitrogen and oxygen atoms in total. The Bertz CT molecular complexity index is 368. The van der Waals surface area contributed by atoms with E-state index in [1.165, 1.54) is 0 Å². The van der Waals surface area contributed by atoms with Crippen LogP contribution >= 0.6 is 27.5 Å². The average molecular weight is 291 g/mol. The molecule has 1 rings (SSSR count). The van der Waals surface area contributed by atoms with Crippen molar-refractivity contribution < 1.29 is 5.11 Å². The molecule has 0 aliphatic rings. The van der Waals surface area contributed by atoms with E-state index >= 15 is 0 Å². The molecule has 1 atom stereocenters. The highest BCUT2D eigenvalue weighted by molar-refractivity contribution is 9.10. The first kappa shape index (κ1) is 12.6. The monoisotopic (exact) mass is 289 g/mol. The normalized spacial score (nSPS) is 12.5. The fourth-order valence-electron chi connectivity index (χ4n) is 1.35. The first-order valence-electron chi connectivity index (χ1n) is 4.61. The Labute approximate surface area is 103 Å². The summed E-state index contributed by atoms with van der Waals surface area (Å²) in [7, 11) is 0. The quantitative estimate of drug-likeness (QED) is 0.829. The van der Waals surface area contributed by atoms with E-state index < -0.39 is 0 Å². The van der Waals surface area contributed by atoms with Crippen LogP contribution in [0.5, 0.6) is 5.75 Å². The number of hydrogen-bond donors (Lipinski definition) is 2. The van der Waals surface area contributed by atoms with Gasteiger partial charge in [-0.2, -0.15) is 0 Å². The largest absolute Gasteiger partial charge is 0.506 e. The second kappa shape index (κ2) is 5.54. The van der Waals surface area contributed by atoms with E-state index in [2.05, 4.69) is 22.5 Å². The minimum Gasteiger partial charge on any atom is -0.506 e. The zero-order chi connectivity index (χ0) is 11.4. The van der Waals surface area contributed by atoms with Crippen molar-refractivity contribution in [1.29, 1.82) is 0 Å². The summed E-state index contributed by atoms with van der Waals surface area (Å²) in [5, 5.41) is 10.3. The van der Waals surface area contributed by atoms with E-state index in [0.29, 0.717) is 21.5 Å². The molecule has 0 aliphatic carbocycles. The van der Waals surface area contributed by atoms with E-state index in [0.717, 1.165) is 6.42 Å². The van der Waals surface area contributed by atoms with Crippen molar-refractivity contribution in [3.8, 4) is 5.75 Å². The lowest BCUT2D eigenvalue weighted by atomic mass is 10.0. The van der Waals surface area contributed by atoms with Gasteiger partial charge in [-0.15, -0.1) is 6.58 Å². The maximum Gasteiger partial charge on any atom is 0.136 e. The van der Waals surface area contributed by atoms with Gasteiger partial charge in [0.05, 0.1) is 4.47 Å². The molecular formula is C11H13BrClNO. The SMILES string of the molecule is C=CCC[C@H](N)c1c(Cl)ccc(Br)c1O. The number of nitrogens with two attached hydrogens (primary N) is 1. The minimum atomic E-state index is -0.270. The Hall–Kier alpha value is -0.510. The number of aromatic hydroxyl groups is 1. The standard InChI is InChI=1S/C11H13BrClNO/c1-2-3-4-9(14)10-8(13)6-5-7(12)11(10)15/h2,5-6,9,15H,1,3-4,14H2/t9-/m0/s1. The van der Waals surface area contributed by atoms with Crippen LogP contribution in [0.2, 0.25) is 5.02 Å². The van der Waals surface area contributed by atoms with Gasteiger partial charge in [0.15, 0.2) is 0 Å². The number of allylic oxidation sites excluding steroid dienone is 1. The van der Waals surface area contributed by atoms with E-state index in [4.69, 9.17) is 17.3 Å². The highest BCUT2D eigenvalue weighted by atomic mass is 79.9. The van der Waals surface area contributed by atoms with Gasteiger partial charge in [-0.1, -0.05) is 17.7 Å². The van der Waals surface area contributed by atoms with Gasteiger partial charge in [-0.05, 0) is 40.9 Å². The first-order valence-corrected chi connectivity index (χ1v) is 5.78. The Morgan fingerprint density at radius 1 is 1.60 bits per heavy atom. The Morgan fingerprint density at radius 3 is 2.87 bits per heavy atom. The summed E-state index contributed by atoms with van der Waals surface area (Å²) in [4.78, 5) is 0. The zero-order valence-electron chi connectivity index (χ0n) is 8.21. The van der Waals surface area contributed by atoms with Gasteiger partial charge < -0.3 is 10.8 Å². The predicted molar refractivity (Wildman–Crippen MR) is 67.2 cm³/mol. The van der Waals surface area contributed by atoms with Gasteiger partial charge >= 0.3 is 0 Å². The van der Waals surface area contributed by atoms with Gasteiger partial charge in [0.2, 0.25) is 0 Å². The van der Waals surface area contributed by atoms with Gasteiger partial charge in [-0.25, -0.2) is 0 Å². The highest BCUT2D eigenvalue weighted by Crippen LogP contribution is 2.37. The number of halogens is 2. The molecule has 1 aromatic carbocycles. The molecule has 0 spiro atoms. The molecule has 3 N–H and O–H groups in total. The molecule has 0 fully saturated rings. The lowest BCUT2D eigenvalue weighted by Gasteiger charge is -2.15. The topological polar surface area (TPSA) is 46.2 Å². The second-order valence-corrected chi connectivity index (χ2v) is 4.53. The Morgan fingerprint density at radius 2 is 2.27 bits per heavy atom. The van der Waals surface area contributed by atoms with Crippen LogP contribution in [-0.2, 0) is 0 Å². The predicted octanol–water partition coefficient (Wildman–Crippen LogP) is 3.77. The maximum atomic E-state index is 9.81. The summed E-state index contributed by atoms with van der Waals surface area (Å²) >= 11 is 9.22. The van der Waals surface area contributed by atoms with Crippen LogP contribution in [0.25, 0.3) is 0 Å². The molecule has 0 amide bonds. The van der Waals surface area contributed by atoms with E-state index in [9.17, 15) is 5.11 Å². The van der Waals surface area contributed by atoms with Crippen LogP contribution < -0.4 is 5.73 Å². The van der Waals surface area contributed by atoms with Gasteiger partial charge in [0.25, 0.3) is 0 Å². The van der Waals surface area contributed by atoms with Crippen LogP contribution in [0.4, 0.5) is 0 Å². The number of hydrogen-bond acceptors (Lipinski definition) is 2. The van der Waals surface area contributed by atoms with Crippen LogP contribution in [0, 0.1) is 0 Å². The van der Waals surface area contributed by atoms with Crippen LogP contribution in [0.15, 0.2) is 29.3 Å².